The lowest BCUT2D eigenvalue weighted by Gasteiger charge is -2.25. The van der Waals surface area contributed by atoms with Gasteiger partial charge in [0.1, 0.15) is 6.10 Å². The van der Waals surface area contributed by atoms with Crippen LogP contribution in [0.1, 0.15) is 12.6 Å². The number of rotatable bonds is 17. The quantitative estimate of drug-likeness (QED) is 0.0308. The molecule has 0 radical (unpaired) electrons. The number of alkyl halides is 3. The van der Waals surface area contributed by atoms with E-state index in [1.54, 1.807) is 48.5 Å². The number of nitrogens with one attached hydrogen (secondary N) is 3. The van der Waals surface area contributed by atoms with E-state index >= 15 is 0 Å². The van der Waals surface area contributed by atoms with Crippen molar-refractivity contribution in [3.8, 4) is 0 Å². The highest BCUT2D eigenvalue weighted by atomic mass is 32.2. The third-order valence-electron chi connectivity index (χ3n) is 7.31. The largest absolute Gasteiger partial charge is 0.481 e. The third kappa shape index (κ3) is 12.8. The number of aromatic nitrogens is 4. The SMILES string of the molecule is CSCCNc1nc(SCCC(F)(F)F)nc2c1ncn2C1OC(COP(=O)(O)OP(=O)(O)O)C(OC(=O)Nc2ccccc2)C1OC(=O)Nc1ccccc1. The van der Waals surface area contributed by atoms with E-state index in [-0.39, 0.29) is 27.8 Å². The number of carbonyl (C=O) groups is 2. The van der Waals surface area contributed by atoms with Crippen LogP contribution >= 0.6 is 39.2 Å². The maximum Gasteiger partial charge on any atom is 0.481 e. The summed E-state index contributed by atoms with van der Waals surface area (Å²) in [5.41, 5.74) is 0.667. The zero-order chi connectivity index (χ0) is 40.5. The molecule has 2 amide bonds. The van der Waals surface area contributed by atoms with Crippen molar-refractivity contribution >= 4 is 79.7 Å². The Morgan fingerprint density at radius 2 is 1.54 bits per heavy atom. The molecule has 2 aromatic carbocycles. The first-order chi connectivity index (χ1) is 26.5. The van der Waals surface area contributed by atoms with Gasteiger partial charge in [0, 0.05) is 29.4 Å². The zero-order valence-corrected chi connectivity index (χ0v) is 32.3. The summed E-state index contributed by atoms with van der Waals surface area (Å²) in [7, 11) is -11.1. The van der Waals surface area contributed by atoms with Crippen LogP contribution in [0.25, 0.3) is 11.2 Å². The van der Waals surface area contributed by atoms with E-state index < -0.39 is 77.3 Å². The smallest absolute Gasteiger partial charge is 0.439 e. The number of imidazole rings is 1. The molecule has 5 unspecified atom stereocenters. The summed E-state index contributed by atoms with van der Waals surface area (Å²) in [6.07, 6.45) is -11.3. The van der Waals surface area contributed by atoms with Gasteiger partial charge in [-0.3, -0.25) is 19.7 Å². The molecule has 0 spiro atoms. The molecule has 19 nitrogen and oxygen atoms in total. The second-order valence-corrected chi connectivity index (χ2v) is 16.3. The van der Waals surface area contributed by atoms with Gasteiger partial charge in [0.05, 0.1) is 19.4 Å². The number of nitrogens with zero attached hydrogens (tertiary/aromatic N) is 4. The van der Waals surface area contributed by atoms with Crippen LogP contribution in [0.5, 0.6) is 0 Å². The van der Waals surface area contributed by atoms with Gasteiger partial charge in [0.15, 0.2) is 40.6 Å². The molecule has 3 heterocycles. The van der Waals surface area contributed by atoms with Crippen LogP contribution in [0, 0.1) is 0 Å². The van der Waals surface area contributed by atoms with E-state index in [1.165, 1.54) is 34.8 Å². The average Bonchev–Trinajstić information content (AvgIpc) is 3.67. The lowest BCUT2D eigenvalue weighted by Crippen LogP contribution is -2.42. The molecule has 5 rings (SSSR count). The van der Waals surface area contributed by atoms with Crippen molar-refractivity contribution in [1.29, 1.82) is 0 Å². The maximum absolute atomic E-state index is 13.4. The number of amides is 2. The second-order valence-electron chi connectivity index (χ2n) is 11.4. The number of phosphoric acid groups is 2. The predicted molar refractivity (Wildman–Crippen MR) is 197 cm³/mol. The molecule has 304 valence electrons. The van der Waals surface area contributed by atoms with Crippen molar-refractivity contribution in [3.05, 3.63) is 67.0 Å². The van der Waals surface area contributed by atoms with Gasteiger partial charge in [-0.25, -0.2) is 33.7 Å². The fourth-order valence-electron chi connectivity index (χ4n) is 5.04. The number of ether oxygens (including phenoxy) is 3. The van der Waals surface area contributed by atoms with Crippen LogP contribution in [0.4, 0.5) is 40.0 Å². The monoisotopic (exact) mass is 867 g/mol. The molecule has 6 N–H and O–H groups in total. The number of carbonyl (C=O) groups excluding carboxylic acids is 2. The van der Waals surface area contributed by atoms with Gasteiger partial charge >= 0.3 is 34.0 Å². The molecule has 0 saturated carbocycles. The highest BCUT2D eigenvalue weighted by Gasteiger charge is 2.52. The summed E-state index contributed by atoms with van der Waals surface area (Å²) in [4.78, 5) is 68.1. The van der Waals surface area contributed by atoms with Crippen molar-refractivity contribution in [3.63, 3.8) is 0 Å². The van der Waals surface area contributed by atoms with Crippen LogP contribution in [-0.2, 0) is 32.2 Å². The van der Waals surface area contributed by atoms with Gasteiger partial charge in [0.2, 0.25) is 0 Å². The van der Waals surface area contributed by atoms with Crippen molar-refractivity contribution in [2.24, 2.45) is 0 Å². The average molecular weight is 868 g/mol. The summed E-state index contributed by atoms with van der Waals surface area (Å²) in [5, 5.41) is 7.98. The molecule has 4 aromatic rings. The molecule has 0 aliphatic carbocycles. The molecule has 1 fully saturated rings. The lowest BCUT2D eigenvalue weighted by atomic mass is 10.1. The van der Waals surface area contributed by atoms with Crippen molar-refractivity contribution in [2.45, 2.75) is 42.3 Å². The Morgan fingerprint density at radius 3 is 2.11 bits per heavy atom. The zero-order valence-electron chi connectivity index (χ0n) is 28.8. The van der Waals surface area contributed by atoms with Gasteiger partial charge in [-0.1, -0.05) is 48.2 Å². The van der Waals surface area contributed by atoms with Crippen molar-refractivity contribution < 1.29 is 69.6 Å². The fraction of sp³-hybridized carbons (Fsp3) is 0.367. The van der Waals surface area contributed by atoms with Crippen molar-refractivity contribution in [1.82, 2.24) is 19.5 Å². The molecule has 1 aliphatic heterocycles. The topological polar surface area (TPSA) is 255 Å². The minimum absolute atomic E-state index is 0.0325. The Hall–Kier alpha value is -3.96. The Morgan fingerprint density at radius 1 is 0.929 bits per heavy atom. The summed E-state index contributed by atoms with van der Waals surface area (Å²) < 4.78 is 90.4. The normalized spacial score (nSPS) is 19.6. The summed E-state index contributed by atoms with van der Waals surface area (Å²) >= 11 is 2.22. The molecule has 2 aromatic heterocycles. The number of thioether (sulfide) groups is 2. The second kappa shape index (κ2) is 19.0. The first-order valence-electron chi connectivity index (χ1n) is 16.1. The van der Waals surface area contributed by atoms with Gasteiger partial charge in [-0.15, -0.1) is 0 Å². The molecule has 1 aliphatic rings. The minimum Gasteiger partial charge on any atom is -0.439 e. The molecule has 56 heavy (non-hydrogen) atoms. The Bertz CT molecular complexity index is 2050. The standard InChI is InChI=1S/C30H34F3N7O12P2S2/c1-55-15-13-34-24-21-25(39-27(38-24)56-14-12-30(31,32)33)40(17-35-21)26-23(51-29(42)37-19-10-6-3-7-11-19)22(50-28(41)36-18-8-4-2-5-9-18)20(49-26)16-48-54(46,47)52-53(43,44)45/h2-11,17,20,22-23,26H,12-16H2,1H3,(H,36,41)(H,37,42)(H,46,47)(H,34,38,39)(H2,43,44,45). The van der Waals surface area contributed by atoms with E-state index in [0.717, 1.165) is 0 Å². The highest BCUT2D eigenvalue weighted by Crippen LogP contribution is 2.58. The van der Waals surface area contributed by atoms with Gasteiger partial charge < -0.3 is 34.2 Å². The minimum atomic E-state index is -5.56. The number of hydrogen-bond donors (Lipinski definition) is 6. The van der Waals surface area contributed by atoms with E-state index in [9.17, 15) is 36.8 Å². The van der Waals surface area contributed by atoms with Gasteiger partial charge in [-0.2, -0.15) is 29.2 Å². The number of benzene rings is 2. The van der Waals surface area contributed by atoms with E-state index in [1.807, 2.05) is 6.26 Å². The number of hydrogen-bond acceptors (Lipinski definition) is 15. The van der Waals surface area contributed by atoms with E-state index in [0.29, 0.717) is 29.7 Å². The van der Waals surface area contributed by atoms with Crippen LogP contribution in [0.3, 0.4) is 0 Å². The molecular formula is C30H34F3N7O12P2S2. The fourth-order valence-corrected chi connectivity index (χ4v) is 7.77. The number of phosphoric ester groups is 1. The van der Waals surface area contributed by atoms with Crippen LogP contribution in [0.15, 0.2) is 72.1 Å². The Kier molecular flexibility index (Phi) is 14.6. The molecular weight excluding hydrogens is 833 g/mol. The number of fused-ring (bicyclic) bond motifs is 1. The van der Waals surface area contributed by atoms with Gasteiger partial charge in [0.25, 0.3) is 0 Å². The van der Waals surface area contributed by atoms with Crippen molar-refractivity contribution in [2.75, 3.05) is 46.9 Å². The third-order valence-corrected chi connectivity index (χ3v) is 10.9. The van der Waals surface area contributed by atoms with Gasteiger partial charge in [-0.05, 0) is 30.5 Å². The molecule has 5 atom stereocenters. The van der Waals surface area contributed by atoms with Crippen LogP contribution in [-0.4, -0.2) is 102 Å². The Balaban J connectivity index is 1.56. The Labute approximate surface area is 324 Å². The number of anilines is 3. The van der Waals surface area contributed by atoms with Crippen LogP contribution < -0.4 is 16.0 Å². The first-order valence-corrected chi connectivity index (χ1v) is 21.5. The molecule has 0 bridgehead atoms. The van der Waals surface area contributed by atoms with E-state index in [4.69, 9.17) is 28.5 Å². The number of halogens is 3. The molecule has 1 saturated heterocycles. The predicted octanol–water partition coefficient (Wildman–Crippen LogP) is 6.00. The lowest BCUT2D eigenvalue weighted by molar-refractivity contribution is -0.129. The first kappa shape index (κ1) is 43.2. The summed E-state index contributed by atoms with van der Waals surface area (Å²) in [6.45, 7) is -0.669. The van der Waals surface area contributed by atoms with Crippen LogP contribution in [0.2, 0.25) is 0 Å². The molecule has 26 heteroatoms. The highest BCUT2D eigenvalue weighted by molar-refractivity contribution is 7.99. The summed E-state index contributed by atoms with van der Waals surface area (Å²) in [6, 6.07) is 16.0. The number of para-hydroxylation sites is 2. The van der Waals surface area contributed by atoms with E-state index in [2.05, 4.69) is 35.2 Å². The maximum atomic E-state index is 13.4. The summed E-state index contributed by atoms with van der Waals surface area (Å²) in [5.74, 6) is 0.343.